The zero-order valence-corrected chi connectivity index (χ0v) is 25.2. The number of carbonyl (C=O) groups excluding carboxylic acids is 5. The van der Waals surface area contributed by atoms with Gasteiger partial charge in [-0.25, -0.2) is 0 Å². The summed E-state index contributed by atoms with van der Waals surface area (Å²) >= 11 is 0. The molecule has 0 radical (unpaired) electrons. The molecular weight excluding hydrogens is 560 g/mol. The van der Waals surface area contributed by atoms with Gasteiger partial charge >= 0.3 is 0 Å². The molecule has 2 heterocycles. The first-order valence-corrected chi connectivity index (χ1v) is 15.7. The predicted molar refractivity (Wildman–Crippen MR) is 163 cm³/mol. The Bertz CT molecular complexity index is 1370. The third kappa shape index (κ3) is 7.18. The lowest BCUT2D eigenvalue weighted by Crippen LogP contribution is -2.63. The molecule has 1 spiro atoms. The summed E-state index contributed by atoms with van der Waals surface area (Å²) in [6, 6.07) is 16.2. The number of hydrogen-bond donors (Lipinski definition) is 4. The quantitative estimate of drug-likeness (QED) is 0.306. The third-order valence-corrected chi connectivity index (χ3v) is 9.19. The fraction of sp³-hybridized carbons (Fsp3) is 0.500. The lowest BCUT2D eigenvalue weighted by Gasteiger charge is -2.33. The summed E-state index contributed by atoms with van der Waals surface area (Å²) in [5.41, 5.74) is 0.524. The molecule has 44 heavy (non-hydrogen) atoms. The Morgan fingerprint density at radius 1 is 0.909 bits per heavy atom. The SMILES string of the molecule is C[C@@H](O)C(=O)CCCC[C@@H]1CC12NC(=O)[C@H]1CCCN1C(=O)[C@H](Cc1ccccc1)NC(=O)[C@@H](Cc1ccccc1)NC2=O. The molecule has 0 bridgehead atoms. The van der Waals surface area contributed by atoms with E-state index in [1.54, 1.807) is 4.90 Å². The van der Waals surface area contributed by atoms with Crippen molar-refractivity contribution in [3.05, 3.63) is 71.8 Å². The van der Waals surface area contributed by atoms with Gasteiger partial charge in [-0.15, -0.1) is 0 Å². The molecule has 3 fully saturated rings. The van der Waals surface area contributed by atoms with Crippen LogP contribution in [0.15, 0.2) is 60.7 Å². The molecule has 2 saturated heterocycles. The molecule has 234 valence electrons. The summed E-state index contributed by atoms with van der Waals surface area (Å²) in [6.45, 7) is 1.84. The molecule has 1 aliphatic carbocycles. The van der Waals surface area contributed by atoms with Gasteiger partial charge in [-0.3, -0.25) is 24.0 Å². The number of nitrogens with zero attached hydrogens (tertiary/aromatic N) is 1. The highest BCUT2D eigenvalue weighted by molar-refractivity contribution is 6.01. The number of amides is 4. The molecule has 3 aliphatic rings. The minimum atomic E-state index is -1.19. The average Bonchev–Trinajstić information content (AvgIpc) is 3.48. The highest BCUT2D eigenvalue weighted by Crippen LogP contribution is 2.47. The molecule has 4 N–H and O–H groups in total. The van der Waals surface area contributed by atoms with Crippen molar-refractivity contribution in [2.75, 3.05) is 6.54 Å². The van der Waals surface area contributed by atoms with Crippen molar-refractivity contribution in [2.45, 2.75) is 94.5 Å². The second-order valence-corrected chi connectivity index (χ2v) is 12.4. The van der Waals surface area contributed by atoms with Gasteiger partial charge in [-0.2, -0.15) is 0 Å². The van der Waals surface area contributed by atoms with E-state index in [4.69, 9.17) is 0 Å². The number of ketones is 1. The van der Waals surface area contributed by atoms with Crippen LogP contribution in [0.1, 0.15) is 63.0 Å². The molecule has 1 saturated carbocycles. The Morgan fingerprint density at radius 2 is 1.55 bits per heavy atom. The van der Waals surface area contributed by atoms with Gasteiger partial charge in [0.05, 0.1) is 0 Å². The monoisotopic (exact) mass is 602 g/mol. The second-order valence-electron chi connectivity index (χ2n) is 12.4. The standard InChI is InChI=1S/C34H42N4O6/c1-22(39)29(40)17-9-8-15-25-21-34(25)33(44)36-26(19-23-11-4-2-5-12-23)30(41)35-27(20-24-13-6-3-7-14-24)32(43)38-18-10-16-28(38)31(42)37-34/h2-7,11-14,22,25-28,39H,8-10,15-21H2,1H3,(H,35,41)(H,36,44)(H,37,42)/t22-,25-,26-,27+,28-,34?/m1/s1. The minimum absolute atomic E-state index is 0.173. The lowest BCUT2D eigenvalue weighted by molar-refractivity contribution is -0.144. The summed E-state index contributed by atoms with van der Waals surface area (Å²) in [7, 11) is 0. The molecule has 0 aromatic heterocycles. The van der Waals surface area contributed by atoms with Crippen LogP contribution >= 0.6 is 0 Å². The number of unbranched alkanes of at least 4 members (excludes halogenated alkanes) is 1. The van der Waals surface area contributed by atoms with Gasteiger partial charge in [0.15, 0.2) is 5.78 Å². The van der Waals surface area contributed by atoms with E-state index in [0.717, 1.165) is 11.1 Å². The number of fused-ring (bicyclic) bond motifs is 1. The Kier molecular flexibility index (Phi) is 9.78. The summed E-state index contributed by atoms with van der Waals surface area (Å²) < 4.78 is 0. The number of aliphatic hydroxyl groups excluding tert-OH is 1. The van der Waals surface area contributed by atoms with E-state index < -0.39 is 41.6 Å². The topological polar surface area (TPSA) is 145 Å². The van der Waals surface area contributed by atoms with Gasteiger partial charge in [-0.05, 0) is 56.1 Å². The van der Waals surface area contributed by atoms with Gasteiger partial charge in [0.1, 0.15) is 29.8 Å². The fourth-order valence-electron chi connectivity index (χ4n) is 6.54. The van der Waals surface area contributed by atoms with Gasteiger partial charge in [0, 0.05) is 25.8 Å². The Labute approximate surface area is 258 Å². The molecule has 6 atom stereocenters. The Balaban J connectivity index is 1.41. The maximum Gasteiger partial charge on any atom is 0.246 e. The molecule has 1 unspecified atom stereocenters. The number of nitrogens with one attached hydrogen (secondary N) is 3. The summed E-state index contributed by atoms with van der Waals surface area (Å²) in [6.07, 6.45) is 3.06. The van der Waals surface area contributed by atoms with Crippen LogP contribution < -0.4 is 16.0 Å². The van der Waals surface area contributed by atoms with E-state index in [-0.39, 0.29) is 42.8 Å². The van der Waals surface area contributed by atoms with Crippen LogP contribution in [-0.4, -0.2) is 75.7 Å². The van der Waals surface area contributed by atoms with Crippen molar-refractivity contribution in [1.29, 1.82) is 0 Å². The van der Waals surface area contributed by atoms with Crippen molar-refractivity contribution in [3.8, 4) is 0 Å². The molecule has 4 amide bonds. The number of Topliss-reactive ketones (excluding diaryl/α,β-unsaturated/α-hetero) is 1. The molecule has 2 aliphatic heterocycles. The zero-order valence-electron chi connectivity index (χ0n) is 25.2. The Hall–Kier alpha value is -4.05. The largest absolute Gasteiger partial charge is 0.386 e. The van der Waals surface area contributed by atoms with E-state index in [9.17, 15) is 29.1 Å². The van der Waals surface area contributed by atoms with E-state index in [1.165, 1.54) is 6.92 Å². The number of hydrogen-bond acceptors (Lipinski definition) is 6. The molecular formula is C34H42N4O6. The van der Waals surface area contributed by atoms with Crippen LogP contribution in [0, 0.1) is 5.92 Å². The first-order chi connectivity index (χ1) is 21.2. The maximum atomic E-state index is 14.0. The average molecular weight is 603 g/mol. The summed E-state index contributed by atoms with van der Waals surface area (Å²) in [4.78, 5) is 69.0. The van der Waals surface area contributed by atoms with Gasteiger partial charge < -0.3 is 26.0 Å². The first-order valence-electron chi connectivity index (χ1n) is 15.7. The van der Waals surface area contributed by atoms with Gasteiger partial charge in [-0.1, -0.05) is 67.1 Å². The lowest BCUT2D eigenvalue weighted by atomic mass is 9.99. The molecule has 5 rings (SSSR count). The molecule has 2 aromatic carbocycles. The predicted octanol–water partition coefficient (Wildman–Crippen LogP) is 1.83. The fourth-order valence-corrected chi connectivity index (χ4v) is 6.54. The van der Waals surface area contributed by atoms with E-state index in [0.29, 0.717) is 45.1 Å². The number of aliphatic hydroxyl groups is 1. The van der Waals surface area contributed by atoms with Gasteiger partial charge in [0.25, 0.3) is 0 Å². The molecule has 2 aromatic rings. The van der Waals surface area contributed by atoms with Crippen molar-refractivity contribution in [3.63, 3.8) is 0 Å². The summed E-state index contributed by atoms with van der Waals surface area (Å²) in [5.74, 6) is -1.94. The Morgan fingerprint density at radius 3 is 2.18 bits per heavy atom. The molecule has 10 heteroatoms. The van der Waals surface area contributed by atoms with Crippen molar-refractivity contribution >= 4 is 29.4 Å². The van der Waals surface area contributed by atoms with Crippen LogP contribution in [0.25, 0.3) is 0 Å². The second kappa shape index (κ2) is 13.7. The van der Waals surface area contributed by atoms with Crippen LogP contribution in [0.3, 0.4) is 0 Å². The van der Waals surface area contributed by atoms with Crippen LogP contribution in [0.4, 0.5) is 0 Å². The normalized spacial score (nSPS) is 27.8. The van der Waals surface area contributed by atoms with Crippen LogP contribution in [-0.2, 0) is 36.8 Å². The zero-order chi connectivity index (χ0) is 31.3. The van der Waals surface area contributed by atoms with Crippen molar-refractivity contribution in [1.82, 2.24) is 20.9 Å². The number of rotatable bonds is 10. The van der Waals surface area contributed by atoms with E-state index in [1.807, 2.05) is 60.7 Å². The van der Waals surface area contributed by atoms with Crippen LogP contribution in [0.2, 0.25) is 0 Å². The van der Waals surface area contributed by atoms with Crippen LogP contribution in [0.5, 0.6) is 0 Å². The maximum absolute atomic E-state index is 14.0. The first kappa shape index (κ1) is 31.4. The number of carbonyl (C=O) groups is 5. The van der Waals surface area contributed by atoms with Crippen molar-refractivity contribution in [2.24, 2.45) is 5.92 Å². The summed E-state index contributed by atoms with van der Waals surface area (Å²) in [5, 5.41) is 18.4. The highest BCUT2D eigenvalue weighted by Gasteiger charge is 2.61. The number of benzene rings is 2. The molecule has 10 nitrogen and oxygen atoms in total. The highest BCUT2D eigenvalue weighted by atomic mass is 16.3. The smallest absolute Gasteiger partial charge is 0.246 e. The van der Waals surface area contributed by atoms with Crippen molar-refractivity contribution < 1.29 is 29.1 Å². The van der Waals surface area contributed by atoms with E-state index in [2.05, 4.69) is 16.0 Å². The minimum Gasteiger partial charge on any atom is -0.386 e. The van der Waals surface area contributed by atoms with Gasteiger partial charge in [0.2, 0.25) is 23.6 Å². The van der Waals surface area contributed by atoms with E-state index >= 15 is 0 Å². The third-order valence-electron chi connectivity index (χ3n) is 9.19.